The summed E-state index contributed by atoms with van der Waals surface area (Å²) in [6.07, 6.45) is 5.34. The summed E-state index contributed by atoms with van der Waals surface area (Å²) >= 11 is 0. The van der Waals surface area contributed by atoms with Crippen molar-refractivity contribution in [3.63, 3.8) is 0 Å². The maximum absolute atomic E-state index is 11.9. The van der Waals surface area contributed by atoms with Crippen LogP contribution < -0.4 is 4.74 Å². The van der Waals surface area contributed by atoms with E-state index < -0.39 is 5.60 Å². The zero-order valence-corrected chi connectivity index (χ0v) is 11.5. The third-order valence-corrected chi connectivity index (χ3v) is 2.74. The SMILES string of the molecule is CC(C)(C)OC(=O)N1CC[C@H]1COc1cnccn1. The molecule has 2 rings (SSSR count). The van der Waals surface area contributed by atoms with Crippen LogP contribution in [-0.2, 0) is 4.74 Å². The molecule has 1 atom stereocenters. The monoisotopic (exact) mass is 265 g/mol. The van der Waals surface area contributed by atoms with Crippen LogP contribution in [0.2, 0.25) is 0 Å². The Balaban J connectivity index is 1.81. The molecule has 1 amide bonds. The number of amides is 1. The molecule has 19 heavy (non-hydrogen) atoms. The molecular formula is C13H19N3O3. The Morgan fingerprint density at radius 2 is 2.26 bits per heavy atom. The van der Waals surface area contributed by atoms with Crippen LogP contribution in [0.1, 0.15) is 27.2 Å². The zero-order chi connectivity index (χ0) is 13.9. The molecule has 6 nitrogen and oxygen atoms in total. The lowest BCUT2D eigenvalue weighted by Gasteiger charge is -2.40. The molecule has 1 aliphatic rings. The first-order chi connectivity index (χ1) is 8.96. The third kappa shape index (κ3) is 3.81. The van der Waals surface area contributed by atoms with Crippen LogP contribution in [0, 0.1) is 0 Å². The number of likely N-dealkylation sites (tertiary alicyclic amines) is 1. The number of hydrogen-bond donors (Lipinski definition) is 0. The van der Waals surface area contributed by atoms with E-state index in [0.29, 0.717) is 19.0 Å². The molecule has 1 fully saturated rings. The number of hydrogen-bond acceptors (Lipinski definition) is 5. The molecule has 1 aliphatic heterocycles. The first-order valence-electron chi connectivity index (χ1n) is 6.34. The van der Waals surface area contributed by atoms with Gasteiger partial charge >= 0.3 is 6.09 Å². The lowest BCUT2D eigenvalue weighted by Crippen LogP contribution is -2.55. The Morgan fingerprint density at radius 1 is 1.47 bits per heavy atom. The van der Waals surface area contributed by atoms with Gasteiger partial charge in [-0.2, -0.15) is 0 Å². The summed E-state index contributed by atoms with van der Waals surface area (Å²) in [4.78, 5) is 21.5. The van der Waals surface area contributed by atoms with E-state index in [0.717, 1.165) is 6.42 Å². The Labute approximate surface area is 112 Å². The van der Waals surface area contributed by atoms with Crippen molar-refractivity contribution in [1.29, 1.82) is 0 Å². The molecule has 1 aromatic heterocycles. The second kappa shape index (κ2) is 5.42. The smallest absolute Gasteiger partial charge is 0.410 e. The molecule has 0 spiro atoms. The average molecular weight is 265 g/mol. The number of ether oxygens (including phenoxy) is 2. The second-order valence-corrected chi connectivity index (χ2v) is 5.47. The summed E-state index contributed by atoms with van der Waals surface area (Å²) in [5.74, 6) is 0.471. The number of carbonyl (C=O) groups excluding carboxylic acids is 1. The number of nitrogens with zero attached hydrogens (tertiary/aromatic N) is 3. The highest BCUT2D eigenvalue weighted by molar-refractivity contribution is 5.69. The van der Waals surface area contributed by atoms with Crippen LogP contribution in [0.5, 0.6) is 5.88 Å². The topological polar surface area (TPSA) is 64.5 Å². The van der Waals surface area contributed by atoms with Crippen molar-refractivity contribution in [3.05, 3.63) is 18.6 Å². The standard InChI is InChI=1S/C13H19N3O3/c1-13(2,3)19-12(17)16-7-4-10(16)9-18-11-8-14-5-6-15-11/h5-6,8,10H,4,7,9H2,1-3H3/t10-/m0/s1. The van der Waals surface area contributed by atoms with Gasteiger partial charge in [0.1, 0.15) is 12.2 Å². The van der Waals surface area contributed by atoms with Gasteiger partial charge in [0.25, 0.3) is 0 Å². The van der Waals surface area contributed by atoms with Crippen LogP contribution >= 0.6 is 0 Å². The van der Waals surface area contributed by atoms with Gasteiger partial charge in [0.15, 0.2) is 0 Å². The van der Waals surface area contributed by atoms with Crippen LogP contribution in [0.3, 0.4) is 0 Å². The third-order valence-electron chi connectivity index (χ3n) is 2.74. The molecule has 104 valence electrons. The van der Waals surface area contributed by atoms with E-state index in [2.05, 4.69) is 9.97 Å². The summed E-state index contributed by atoms with van der Waals surface area (Å²) < 4.78 is 10.8. The second-order valence-electron chi connectivity index (χ2n) is 5.47. The minimum Gasteiger partial charge on any atom is -0.474 e. The van der Waals surface area contributed by atoms with Gasteiger partial charge in [-0.25, -0.2) is 9.78 Å². The van der Waals surface area contributed by atoms with Crippen molar-refractivity contribution in [2.75, 3.05) is 13.2 Å². The maximum Gasteiger partial charge on any atom is 0.410 e. The Hall–Kier alpha value is -1.85. The molecule has 2 heterocycles. The van der Waals surface area contributed by atoms with Gasteiger partial charge in [0.05, 0.1) is 12.2 Å². The minimum absolute atomic E-state index is 0.0526. The number of carbonyl (C=O) groups is 1. The van der Waals surface area contributed by atoms with Crippen LogP contribution in [0.4, 0.5) is 4.79 Å². The summed E-state index contributed by atoms with van der Waals surface area (Å²) in [5, 5.41) is 0. The first-order valence-corrected chi connectivity index (χ1v) is 6.34. The maximum atomic E-state index is 11.9. The van der Waals surface area contributed by atoms with Gasteiger partial charge in [-0.1, -0.05) is 0 Å². The van der Waals surface area contributed by atoms with E-state index >= 15 is 0 Å². The molecule has 1 aromatic rings. The van der Waals surface area contributed by atoms with Gasteiger partial charge < -0.3 is 14.4 Å². The molecular weight excluding hydrogens is 246 g/mol. The summed E-state index contributed by atoms with van der Waals surface area (Å²) in [6, 6.07) is 0.0526. The first kappa shape index (κ1) is 13.6. The minimum atomic E-state index is -0.469. The number of aromatic nitrogens is 2. The lowest BCUT2D eigenvalue weighted by molar-refractivity contribution is -0.0145. The van der Waals surface area contributed by atoms with Crippen molar-refractivity contribution in [3.8, 4) is 5.88 Å². The predicted octanol–water partition coefficient (Wildman–Crippen LogP) is 1.86. The van der Waals surface area contributed by atoms with E-state index in [1.807, 2.05) is 20.8 Å². The summed E-state index contributed by atoms with van der Waals surface area (Å²) in [7, 11) is 0. The largest absolute Gasteiger partial charge is 0.474 e. The Kier molecular flexibility index (Phi) is 3.87. The average Bonchev–Trinajstić information content (AvgIpc) is 2.26. The van der Waals surface area contributed by atoms with Gasteiger partial charge in [-0.3, -0.25) is 4.98 Å². The fourth-order valence-corrected chi connectivity index (χ4v) is 1.72. The van der Waals surface area contributed by atoms with Crippen LogP contribution in [-0.4, -0.2) is 45.8 Å². The Morgan fingerprint density at radius 3 is 2.79 bits per heavy atom. The van der Waals surface area contributed by atoms with Crippen molar-refractivity contribution in [2.45, 2.75) is 38.8 Å². The molecule has 0 unspecified atom stereocenters. The molecule has 0 N–H and O–H groups in total. The molecule has 0 aromatic carbocycles. The molecule has 6 heteroatoms. The molecule has 0 radical (unpaired) electrons. The molecule has 0 aliphatic carbocycles. The molecule has 0 bridgehead atoms. The van der Waals surface area contributed by atoms with E-state index in [1.165, 1.54) is 0 Å². The van der Waals surface area contributed by atoms with Crippen molar-refractivity contribution in [1.82, 2.24) is 14.9 Å². The fraction of sp³-hybridized carbons (Fsp3) is 0.615. The van der Waals surface area contributed by atoms with Crippen LogP contribution in [0.25, 0.3) is 0 Å². The normalized spacial score (nSPS) is 18.7. The van der Waals surface area contributed by atoms with Gasteiger partial charge in [0, 0.05) is 18.9 Å². The molecule has 1 saturated heterocycles. The number of rotatable bonds is 3. The quantitative estimate of drug-likeness (QED) is 0.834. The zero-order valence-electron chi connectivity index (χ0n) is 11.5. The summed E-state index contributed by atoms with van der Waals surface area (Å²) in [6.45, 7) is 6.70. The highest BCUT2D eigenvalue weighted by Gasteiger charge is 2.35. The highest BCUT2D eigenvalue weighted by atomic mass is 16.6. The lowest BCUT2D eigenvalue weighted by atomic mass is 10.1. The van der Waals surface area contributed by atoms with E-state index in [1.54, 1.807) is 23.5 Å². The van der Waals surface area contributed by atoms with Crippen LogP contribution in [0.15, 0.2) is 18.6 Å². The van der Waals surface area contributed by atoms with Gasteiger partial charge in [0.2, 0.25) is 5.88 Å². The van der Waals surface area contributed by atoms with E-state index in [4.69, 9.17) is 9.47 Å². The fourth-order valence-electron chi connectivity index (χ4n) is 1.72. The van der Waals surface area contributed by atoms with Gasteiger partial charge in [-0.05, 0) is 27.2 Å². The van der Waals surface area contributed by atoms with Gasteiger partial charge in [-0.15, -0.1) is 0 Å². The highest BCUT2D eigenvalue weighted by Crippen LogP contribution is 2.21. The van der Waals surface area contributed by atoms with Crippen molar-refractivity contribution >= 4 is 6.09 Å². The predicted molar refractivity (Wildman–Crippen MR) is 68.9 cm³/mol. The summed E-state index contributed by atoms with van der Waals surface area (Å²) in [5.41, 5.74) is -0.469. The van der Waals surface area contributed by atoms with E-state index in [-0.39, 0.29) is 12.1 Å². The van der Waals surface area contributed by atoms with E-state index in [9.17, 15) is 4.79 Å². The van der Waals surface area contributed by atoms with Crippen molar-refractivity contribution < 1.29 is 14.3 Å². The Bertz CT molecular complexity index is 431. The molecule has 0 saturated carbocycles. The van der Waals surface area contributed by atoms with Crippen molar-refractivity contribution in [2.24, 2.45) is 0 Å².